The van der Waals surface area contributed by atoms with E-state index in [-0.39, 0.29) is 21.8 Å². The molecule has 7 heteroatoms. The molecule has 0 bridgehead atoms. The van der Waals surface area contributed by atoms with E-state index in [4.69, 9.17) is 5.11 Å². The molecule has 110 valence electrons. The number of carboxylic acid groups (broad SMARTS) is 1. The number of rotatable bonds is 4. The molecule has 21 heavy (non-hydrogen) atoms. The molecule has 0 saturated carbocycles. The van der Waals surface area contributed by atoms with Gasteiger partial charge in [-0.15, -0.1) is 0 Å². The predicted molar refractivity (Wildman–Crippen MR) is 77.6 cm³/mol. The van der Waals surface area contributed by atoms with Crippen molar-refractivity contribution in [2.75, 3.05) is 0 Å². The first-order chi connectivity index (χ1) is 9.88. The predicted octanol–water partition coefficient (Wildman–Crippen LogP) is 3.73. The summed E-state index contributed by atoms with van der Waals surface area (Å²) in [5.74, 6) is -2.83. The van der Waals surface area contributed by atoms with E-state index in [1.807, 2.05) is 0 Å². The van der Waals surface area contributed by atoms with Gasteiger partial charge in [0, 0.05) is 10.0 Å². The highest BCUT2D eigenvalue weighted by Crippen LogP contribution is 2.21. The molecule has 1 atom stereocenters. The summed E-state index contributed by atoms with van der Waals surface area (Å²) in [4.78, 5) is 10.6. The average molecular weight is 375 g/mol. The molecule has 2 aromatic carbocycles. The van der Waals surface area contributed by atoms with E-state index in [0.717, 1.165) is 18.2 Å². The van der Waals surface area contributed by atoms with Gasteiger partial charge in [0.1, 0.15) is 11.6 Å². The Balaban J connectivity index is 2.34. The molecule has 2 aromatic rings. The summed E-state index contributed by atoms with van der Waals surface area (Å²) in [5, 5.41) is 8.86. The van der Waals surface area contributed by atoms with Crippen LogP contribution in [0.1, 0.15) is 15.9 Å². The fraction of sp³-hybridized carbons (Fsp3) is 0.0714. The SMILES string of the molecule is O=C(O)c1ccc(F)c(S(=O)Cc2cc(Br)ccc2F)c1. The largest absolute Gasteiger partial charge is 0.478 e. The molecule has 0 aliphatic heterocycles. The number of carbonyl (C=O) groups is 1. The third-order valence-electron chi connectivity index (χ3n) is 2.72. The van der Waals surface area contributed by atoms with Gasteiger partial charge in [-0.25, -0.2) is 13.6 Å². The van der Waals surface area contributed by atoms with Gasteiger partial charge in [0.25, 0.3) is 0 Å². The van der Waals surface area contributed by atoms with Gasteiger partial charge in [-0.1, -0.05) is 15.9 Å². The Kier molecular flexibility index (Phi) is 4.84. The van der Waals surface area contributed by atoms with Gasteiger partial charge in [0.05, 0.1) is 27.0 Å². The van der Waals surface area contributed by atoms with Gasteiger partial charge in [-0.05, 0) is 36.4 Å². The maximum atomic E-state index is 13.7. The lowest BCUT2D eigenvalue weighted by Gasteiger charge is -2.07. The molecule has 0 saturated heterocycles. The molecule has 0 aliphatic carbocycles. The second kappa shape index (κ2) is 6.44. The van der Waals surface area contributed by atoms with E-state index < -0.39 is 28.4 Å². The molecule has 2 rings (SSSR count). The van der Waals surface area contributed by atoms with Crippen molar-refractivity contribution in [2.24, 2.45) is 0 Å². The van der Waals surface area contributed by atoms with Crippen molar-refractivity contribution in [3.63, 3.8) is 0 Å². The lowest BCUT2D eigenvalue weighted by molar-refractivity contribution is 0.0696. The first kappa shape index (κ1) is 15.8. The Morgan fingerprint density at radius 1 is 1.14 bits per heavy atom. The van der Waals surface area contributed by atoms with Crippen molar-refractivity contribution < 1.29 is 22.9 Å². The third-order valence-corrected chi connectivity index (χ3v) is 4.59. The molecule has 1 unspecified atom stereocenters. The number of hydrogen-bond donors (Lipinski definition) is 1. The van der Waals surface area contributed by atoms with Gasteiger partial charge in [0.2, 0.25) is 0 Å². The van der Waals surface area contributed by atoms with Crippen LogP contribution in [-0.4, -0.2) is 15.3 Å². The highest BCUT2D eigenvalue weighted by molar-refractivity contribution is 9.10. The van der Waals surface area contributed by atoms with Crippen LogP contribution >= 0.6 is 15.9 Å². The highest BCUT2D eigenvalue weighted by Gasteiger charge is 2.16. The van der Waals surface area contributed by atoms with Crippen molar-refractivity contribution in [2.45, 2.75) is 10.6 Å². The molecule has 1 N–H and O–H groups in total. The summed E-state index contributed by atoms with van der Waals surface area (Å²) in [7, 11) is -1.89. The Morgan fingerprint density at radius 2 is 1.81 bits per heavy atom. The van der Waals surface area contributed by atoms with Crippen LogP contribution in [0, 0.1) is 11.6 Å². The molecular weight excluding hydrogens is 366 g/mol. The minimum atomic E-state index is -1.89. The highest BCUT2D eigenvalue weighted by atomic mass is 79.9. The maximum Gasteiger partial charge on any atom is 0.335 e. The van der Waals surface area contributed by atoms with Crippen LogP contribution in [-0.2, 0) is 16.6 Å². The standard InChI is InChI=1S/C14H9BrF2O3S/c15-10-2-4-11(16)9(5-10)7-21(20)13-6-8(14(18)19)1-3-12(13)17/h1-6H,7H2,(H,18,19). The number of benzene rings is 2. The van der Waals surface area contributed by atoms with Crippen molar-refractivity contribution >= 4 is 32.7 Å². The summed E-state index contributed by atoms with van der Waals surface area (Å²) >= 11 is 3.17. The molecule has 3 nitrogen and oxygen atoms in total. The summed E-state index contributed by atoms with van der Waals surface area (Å²) in [5.41, 5.74) is -0.0164. The van der Waals surface area contributed by atoms with Gasteiger partial charge < -0.3 is 5.11 Å². The summed E-state index contributed by atoms with van der Waals surface area (Å²) in [6, 6.07) is 7.18. The van der Waals surface area contributed by atoms with E-state index in [2.05, 4.69) is 15.9 Å². The first-order valence-corrected chi connectivity index (χ1v) is 7.85. The van der Waals surface area contributed by atoms with Gasteiger partial charge >= 0.3 is 5.97 Å². The first-order valence-electron chi connectivity index (χ1n) is 5.73. The van der Waals surface area contributed by atoms with Crippen LogP contribution < -0.4 is 0 Å². The third kappa shape index (κ3) is 3.74. The monoisotopic (exact) mass is 374 g/mol. The quantitative estimate of drug-likeness (QED) is 0.886. The van der Waals surface area contributed by atoms with Crippen LogP contribution in [0.25, 0.3) is 0 Å². The Bertz CT molecular complexity index is 734. The molecule has 0 amide bonds. The Morgan fingerprint density at radius 3 is 2.48 bits per heavy atom. The van der Waals surface area contributed by atoms with E-state index in [1.54, 1.807) is 0 Å². The molecule has 0 radical (unpaired) electrons. The van der Waals surface area contributed by atoms with Crippen molar-refractivity contribution in [3.8, 4) is 0 Å². The lowest BCUT2D eigenvalue weighted by Crippen LogP contribution is -2.04. The molecular formula is C14H9BrF2O3S. The Labute approximate surface area is 130 Å². The minimum absolute atomic E-state index is 0.155. The minimum Gasteiger partial charge on any atom is -0.478 e. The molecule has 0 spiro atoms. The van der Waals surface area contributed by atoms with Crippen molar-refractivity contribution in [3.05, 3.63) is 63.6 Å². The topological polar surface area (TPSA) is 54.4 Å². The van der Waals surface area contributed by atoms with E-state index >= 15 is 0 Å². The summed E-state index contributed by atoms with van der Waals surface area (Å²) in [6.45, 7) is 0. The van der Waals surface area contributed by atoms with E-state index in [0.29, 0.717) is 4.47 Å². The van der Waals surface area contributed by atoms with Crippen molar-refractivity contribution in [1.82, 2.24) is 0 Å². The number of hydrogen-bond acceptors (Lipinski definition) is 2. The normalized spacial score (nSPS) is 12.1. The zero-order valence-electron chi connectivity index (χ0n) is 10.5. The number of halogens is 3. The molecule has 0 heterocycles. The Hall–Kier alpha value is -1.60. The van der Waals surface area contributed by atoms with Crippen LogP contribution in [0.15, 0.2) is 45.8 Å². The van der Waals surface area contributed by atoms with Crippen LogP contribution in [0.3, 0.4) is 0 Å². The van der Waals surface area contributed by atoms with Gasteiger partial charge in [0.15, 0.2) is 0 Å². The fourth-order valence-electron chi connectivity index (χ4n) is 1.68. The fourth-order valence-corrected chi connectivity index (χ4v) is 3.30. The average Bonchev–Trinajstić information content (AvgIpc) is 2.43. The van der Waals surface area contributed by atoms with Crippen molar-refractivity contribution in [1.29, 1.82) is 0 Å². The number of carboxylic acids is 1. The second-order valence-electron chi connectivity index (χ2n) is 4.18. The number of aromatic carboxylic acids is 1. The second-order valence-corrected chi connectivity index (χ2v) is 6.51. The zero-order valence-corrected chi connectivity index (χ0v) is 12.9. The van der Waals surface area contributed by atoms with E-state index in [9.17, 15) is 17.8 Å². The lowest BCUT2D eigenvalue weighted by atomic mass is 10.2. The van der Waals surface area contributed by atoms with Crippen LogP contribution in [0.5, 0.6) is 0 Å². The van der Waals surface area contributed by atoms with Gasteiger partial charge in [-0.3, -0.25) is 4.21 Å². The smallest absolute Gasteiger partial charge is 0.335 e. The molecule has 0 fully saturated rings. The van der Waals surface area contributed by atoms with Crippen LogP contribution in [0.4, 0.5) is 8.78 Å². The summed E-state index contributed by atoms with van der Waals surface area (Å²) < 4.78 is 40.1. The molecule has 0 aliphatic rings. The zero-order chi connectivity index (χ0) is 15.6. The van der Waals surface area contributed by atoms with Gasteiger partial charge in [-0.2, -0.15) is 0 Å². The van der Waals surface area contributed by atoms with Crippen LogP contribution in [0.2, 0.25) is 0 Å². The summed E-state index contributed by atoms with van der Waals surface area (Å²) in [6.07, 6.45) is 0. The maximum absolute atomic E-state index is 13.7. The molecule has 0 aromatic heterocycles. The van der Waals surface area contributed by atoms with E-state index in [1.165, 1.54) is 18.2 Å².